The van der Waals surface area contributed by atoms with E-state index in [0.29, 0.717) is 32.6 Å². The lowest BCUT2D eigenvalue weighted by Gasteiger charge is -2.32. The van der Waals surface area contributed by atoms with Crippen LogP contribution in [0.1, 0.15) is 43.2 Å². The Balaban J connectivity index is 0.00000169. The number of hydrogen-bond donors (Lipinski definition) is 2. The van der Waals surface area contributed by atoms with Crippen molar-refractivity contribution in [3.05, 3.63) is 35.4 Å². The zero-order chi connectivity index (χ0) is 16.8. The second kappa shape index (κ2) is 11.1. The molecule has 7 heteroatoms. The summed E-state index contributed by atoms with van der Waals surface area (Å²) in [6.45, 7) is 4.99. The number of rotatable bonds is 5. The lowest BCUT2D eigenvalue weighted by Crippen LogP contribution is -2.56. The highest BCUT2D eigenvalue weighted by Crippen LogP contribution is 2.19. The molecule has 2 aliphatic rings. The Morgan fingerprint density at radius 2 is 1.69 bits per heavy atom. The zero-order valence-corrected chi connectivity index (χ0v) is 16.9. The molecule has 0 aromatic heterocycles. The molecule has 0 unspecified atom stereocenters. The molecule has 3 rings (SSSR count). The first-order chi connectivity index (χ1) is 11.7. The third kappa shape index (κ3) is 6.10. The minimum atomic E-state index is -0.778. The SMILES string of the molecule is Cl.Cl.NC1(C(=O)NCc2ccccc2CN2CCCCC2)CCOCC1. The van der Waals surface area contributed by atoms with Gasteiger partial charge in [-0.3, -0.25) is 9.69 Å². The Morgan fingerprint density at radius 3 is 2.35 bits per heavy atom. The molecule has 2 saturated heterocycles. The van der Waals surface area contributed by atoms with E-state index in [-0.39, 0.29) is 30.7 Å². The van der Waals surface area contributed by atoms with Gasteiger partial charge in [-0.25, -0.2) is 0 Å². The fourth-order valence-electron chi connectivity index (χ4n) is 3.56. The van der Waals surface area contributed by atoms with Gasteiger partial charge in [0.15, 0.2) is 0 Å². The van der Waals surface area contributed by atoms with Crippen LogP contribution in [0.15, 0.2) is 24.3 Å². The van der Waals surface area contributed by atoms with Crippen molar-refractivity contribution in [1.82, 2.24) is 10.2 Å². The van der Waals surface area contributed by atoms with E-state index < -0.39 is 5.54 Å². The lowest BCUT2D eigenvalue weighted by molar-refractivity contribution is -0.129. The second-order valence-corrected chi connectivity index (χ2v) is 7.06. The number of likely N-dealkylation sites (tertiary alicyclic amines) is 1. The van der Waals surface area contributed by atoms with Crippen LogP contribution in [-0.2, 0) is 22.6 Å². The Morgan fingerprint density at radius 1 is 1.08 bits per heavy atom. The van der Waals surface area contributed by atoms with Gasteiger partial charge < -0.3 is 15.8 Å². The Hall–Kier alpha value is -0.850. The van der Waals surface area contributed by atoms with Gasteiger partial charge in [-0.15, -0.1) is 24.8 Å². The molecular weight excluding hydrogens is 373 g/mol. The van der Waals surface area contributed by atoms with E-state index in [1.165, 1.54) is 43.5 Å². The summed E-state index contributed by atoms with van der Waals surface area (Å²) in [5.74, 6) is -0.0569. The van der Waals surface area contributed by atoms with Crippen molar-refractivity contribution < 1.29 is 9.53 Å². The number of ether oxygens (including phenoxy) is 1. The molecule has 2 aliphatic heterocycles. The summed E-state index contributed by atoms with van der Waals surface area (Å²) < 4.78 is 5.32. The van der Waals surface area contributed by atoms with E-state index >= 15 is 0 Å². The van der Waals surface area contributed by atoms with Crippen LogP contribution >= 0.6 is 24.8 Å². The molecule has 1 amide bonds. The number of nitrogens with zero attached hydrogens (tertiary/aromatic N) is 1. The average Bonchev–Trinajstić information content (AvgIpc) is 2.62. The van der Waals surface area contributed by atoms with Gasteiger partial charge >= 0.3 is 0 Å². The number of hydrogen-bond acceptors (Lipinski definition) is 4. The number of halogens is 2. The Bertz CT molecular complexity index is 559. The second-order valence-electron chi connectivity index (χ2n) is 7.06. The molecular formula is C19H31Cl2N3O2. The van der Waals surface area contributed by atoms with E-state index in [1.807, 2.05) is 6.07 Å². The van der Waals surface area contributed by atoms with Crippen molar-refractivity contribution in [2.45, 2.75) is 50.7 Å². The highest BCUT2D eigenvalue weighted by molar-refractivity contribution is 5.86. The van der Waals surface area contributed by atoms with Gasteiger partial charge in [-0.1, -0.05) is 30.7 Å². The minimum absolute atomic E-state index is 0. The summed E-state index contributed by atoms with van der Waals surface area (Å²) in [5, 5.41) is 3.05. The van der Waals surface area contributed by atoms with E-state index in [1.54, 1.807) is 0 Å². The fraction of sp³-hybridized carbons (Fsp3) is 0.632. The maximum Gasteiger partial charge on any atom is 0.240 e. The summed E-state index contributed by atoms with van der Waals surface area (Å²) in [4.78, 5) is 15.0. The molecule has 2 heterocycles. The smallest absolute Gasteiger partial charge is 0.240 e. The summed E-state index contributed by atoms with van der Waals surface area (Å²) in [7, 11) is 0. The van der Waals surface area contributed by atoms with E-state index in [9.17, 15) is 4.79 Å². The third-order valence-electron chi connectivity index (χ3n) is 5.24. The van der Waals surface area contributed by atoms with Gasteiger partial charge in [0.05, 0.1) is 5.54 Å². The number of benzene rings is 1. The van der Waals surface area contributed by atoms with Crippen LogP contribution in [0, 0.1) is 0 Å². The number of amides is 1. The maximum absolute atomic E-state index is 12.5. The van der Waals surface area contributed by atoms with Gasteiger partial charge in [0.2, 0.25) is 5.91 Å². The summed E-state index contributed by atoms with van der Waals surface area (Å²) in [6.07, 6.45) is 5.10. The normalized spacial score (nSPS) is 19.7. The van der Waals surface area contributed by atoms with Crippen LogP contribution in [0.3, 0.4) is 0 Å². The average molecular weight is 404 g/mol. The summed E-state index contributed by atoms with van der Waals surface area (Å²) >= 11 is 0. The quantitative estimate of drug-likeness (QED) is 0.792. The van der Waals surface area contributed by atoms with Crippen molar-refractivity contribution in [2.24, 2.45) is 5.73 Å². The Labute approximate surface area is 168 Å². The Kier molecular flexibility index (Phi) is 9.90. The first kappa shape index (κ1) is 23.2. The molecule has 0 bridgehead atoms. The first-order valence-corrected chi connectivity index (χ1v) is 9.11. The van der Waals surface area contributed by atoms with Gasteiger partial charge in [-0.2, -0.15) is 0 Å². The third-order valence-corrected chi connectivity index (χ3v) is 5.24. The number of nitrogens with two attached hydrogens (primary N) is 1. The predicted octanol–water partition coefficient (Wildman–Crippen LogP) is 2.64. The molecule has 0 radical (unpaired) electrons. The van der Waals surface area contributed by atoms with Crippen LogP contribution in [0.25, 0.3) is 0 Å². The van der Waals surface area contributed by atoms with Crippen LogP contribution in [0.2, 0.25) is 0 Å². The van der Waals surface area contributed by atoms with Crippen molar-refractivity contribution in [2.75, 3.05) is 26.3 Å². The van der Waals surface area contributed by atoms with Crippen molar-refractivity contribution in [1.29, 1.82) is 0 Å². The van der Waals surface area contributed by atoms with Gasteiger partial charge in [0.25, 0.3) is 0 Å². The molecule has 2 fully saturated rings. The first-order valence-electron chi connectivity index (χ1n) is 9.11. The van der Waals surface area contributed by atoms with Crippen molar-refractivity contribution >= 4 is 30.7 Å². The van der Waals surface area contributed by atoms with E-state index in [2.05, 4.69) is 28.4 Å². The van der Waals surface area contributed by atoms with Crippen LogP contribution < -0.4 is 11.1 Å². The predicted molar refractivity (Wildman–Crippen MR) is 109 cm³/mol. The highest BCUT2D eigenvalue weighted by atomic mass is 35.5. The number of piperidine rings is 1. The minimum Gasteiger partial charge on any atom is -0.381 e. The molecule has 0 spiro atoms. The molecule has 0 aliphatic carbocycles. The molecule has 1 aromatic rings. The standard InChI is InChI=1S/C19H29N3O2.2ClH/c20-19(8-12-24-13-9-19)18(23)21-14-16-6-2-3-7-17(16)15-22-10-4-1-5-11-22;;/h2-3,6-7H,1,4-5,8-15,20H2,(H,21,23);2*1H. The highest BCUT2D eigenvalue weighted by Gasteiger charge is 2.35. The van der Waals surface area contributed by atoms with Crippen LogP contribution in [0.5, 0.6) is 0 Å². The molecule has 26 heavy (non-hydrogen) atoms. The number of carbonyl (C=O) groups excluding carboxylic acids is 1. The number of carbonyl (C=O) groups is 1. The molecule has 1 aromatic carbocycles. The lowest BCUT2D eigenvalue weighted by atomic mass is 9.90. The zero-order valence-electron chi connectivity index (χ0n) is 15.2. The fourth-order valence-corrected chi connectivity index (χ4v) is 3.56. The summed E-state index contributed by atoms with van der Waals surface area (Å²) in [5.41, 5.74) is 7.97. The van der Waals surface area contributed by atoms with Crippen molar-refractivity contribution in [3.8, 4) is 0 Å². The monoisotopic (exact) mass is 403 g/mol. The van der Waals surface area contributed by atoms with Gasteiger partial charge in [-0.05, 0) is 49.9 Å². The van der Waals surface area contributed by atoms with E-state index in [0.717, 1.165) is 6.54 Å². The number of nitrogens with one attached hydrogen (secondary N) is 1. The largest absolute Gasteiger partial charge is 0.381 e. The molecule has 3 N–H and O–H groups in total. The van der Waals surface area contributed by atoms with Crippen LogP contribution in [0.4, 0.5) is 0 Å². The van der Waals surface area contributed by atoms with Gasteiger partial charge in [0.1, 0.15) is 0 Å². The molecule has 0 atom stereocenters. The maximum atomic E-state index is 12.5. The van der Waals surface area contributed by atoms with Gasteiger partial charge in [0, 0.05) is 26.3 Å². The summed E-state index contributed by atoms with van der Waals surface area (Å²) in [6, 6.07) is 8.39. The van der Waals surface area contributed by atoms with E-state index in [4.69, 9.17) is 10.5 Å². The topological polar surface area (TPSA) is 67.6 Å². The molecule has 0 saturated carbocycles. The molecule has 5 nitrogen and oxygen atoms in total. The van der Waals surface area contributed by atoms with Crippen molar-refractivity contribution in [3.63, 3.8) is 0 Å². The molecule has 148 valence electrons. The van der Waals surface area contributed by atoms with Crippen LogP contribution in [-0.4, -0.2) is 42.6 Å².